The topological polar surface area (TPSA) is 94.3 Å². The Bertz CT molecular complexity index is 542. The van der Waals surface area contributed by atoms with Gasteiger partial charge in [-0.2, -0.15) is 17.5 Å². The van der Waals surface area contributed by atoms with Crippen molar-refractivity contribution in [1.29, 1.82) is 0 Å². The summed E-state index contributed by atoms with van der Waals surface area (Å²) < 4.78 is 67.2. The largest absolute Gasteiger partial charge is 0.411 e. The van der Waals surface area contributed by atoms with Crippen LogP contribution in [0.5, 0.6) is 0 Å². The molecule has 0 unspecified atom stereocenters. The molecule has 116 valence electrons. The number of nitrogens with zero attached hydrogens (tertiary/aromatic N) is 1. The van der Waals surface area contributed by atoms with Gasteiger partial charge >= 0.3 is 6.18 Å². The van der Waals surface area contributed by atoms with Gasteiger partial charge in [0.1, 0.15) is 16.5 Å². The molecule has 20 heavy (non-hydrogen) atoms. The summed E-state index contributed by atoms with van der Waals surface area (Å²) in [6, 6.07) is 0. The lowest BCUT2D eigenvalue weighted by molar-refractivity contribution is -0.172. The van der Waals surface area contributed by atoms with E-state index in [2.05, 4.69) is 14.4 Å². The molecule has 6 nitrogen and oxygen atoms in total. The molecule has 0 aromatic carbocycles. The molecule has 1 heterocycles. The molecule has 1 aromatic heterocycles. The number of sulfone groups is 1. The van der Waals surface area contributed by atoms with Gasteiger partial charge in [0.15, 0.2) is 15.7 Å². The summed E-state index contributed by atoms with van der Waals surface area (Å²) in [5.41, 5.74) is 5.49. The summed E-state index contributed by atoms with van der Waals surface area (Å²) in [7, 11) is -3.54. The van der Waals surface area contributed by atoms with E-state index in [0.717, 1.165) is 11.5 Å². The van der Waals surface area contributed by atoms with Crippen LogP contribution in [0.4, 0.5) is 24.0 Å². The lowest BCUT2D eigenvalue weighted by Crippen LogP contribution is -2.20. The zero-order valence-corrected chi connectivity index (χ0v) is 12.2. The Balaban J connectivity index is 2.58. The van der Waals surface area contributed by atoms with E-state index >= 15 is 0 Å². The number of nitrogens with two attached hydrogens (primary N) is 1. The van der Waals surface area contributed by atoms with Gasteiger partial charge in [0.2, 0.25) is 0 Å². The third-order valence-electron chi connectivity index (χ3n) is 2.16. The average Bonchev–Trinajstić information content (AvgIpc) is 2.69. The van der Waals surface area contributed by atoms with Crippen molar-refractivity contribution in [1.82, 2.24) is 4.37 Å². The van der Waals surface area contributed by atoms with Crippen LogP contribution in [0.1, 0.15) is 6.92 Å². The maximum absolute atomic E-state index is 11.8. The zero-order valence-electron chi connectivity index (χ0n) is 10.5. The fourth-order valence-corrected chi connectivity index (χ4v) is 3.47. The van der Waals surface area contributed by atoms with Crippen molar-refractivity contribution in [3.05, 3.63) is 0 Å². The molecule has 0 fully saturated rings. The quantitative estimate of drug-likeness (QED) is 0.735. The molecule has 0 amide bonds. The van der Waals surface area contributed by atoms with E-state index in [-0.39, 0.29) is 34.6 Å². The molecular formula is C9H14F3N3O3S2. The van der Waals surface area contributed by atoms with Crippen LogP contribution in [0, 0.1) is 0 Å². The molecule has 0 saturated carbocycles. The number of halogens is 3. The minimum Gasteiger partial charge on any atom is -0.382 e. The maximum Gasteiger partial charge on any atom is 0.411 e. The summed E-state index contributed by atoms with van der Waals surface area (Å²) in [5, 5.41) is 2.87. The Morgan fingerprint density at radius 2 is 2.10 bits per heavy atom. The van der Waals surface area contributed by atoms with Gasteiger partial charge in [-0.3, -0.25) is 0 Å². The number of nitrogens with one attached hydrogen (secondary N) is 1. The highest BCUT2D eigenvalue weighted by molar-refractivity contribution is 7.91. The van der Waals surface area contributed by atoms with Gasteiger partial charge in [-0.05, 0) is 11.5 Å². The van der Waals surface area contributed by atoms with Crippen molar-refractivity contribution < 1.29 is 26.3 Å². The third-order valence-corrected chi connectivity index (χ3v) is 4.91. The van der Waals surface area contributed by atoms with Gasteiger partial charge in [-0.15, -0.1) is 0 Å². The van der Waals surface area contributed by atoms with Gasteiger partial charge < -0.3 is 15.8 Å². The fraction of sp³-hybridized carbons (Fsp3) is 0.667. The van der Waals surface area contributed by atoms with Gasteiger partial charge in [-0.25, -0.2) is 8.42 Å². The van der Waals surface area contributed by atoms with Crippen molar-refractivity contribution >= 4 is 32.2 Å². The Hall–Kier alpha value is -1.07. The normalized spacial score (nSPS) is 12.6. The van der Waals surface area contributed by atoms with Crippen molar-refractivity contribution in [3.8, 4) is 0 Å². The first-order chi connectivity index (χ1) is 9.17. The molecule has 0 bridgehead atoms. The molecule has 0 aliphatic carbocycles. The standard InChI is InChI=1S/C9H14F3N3O3S2/c1-2-20(16,17)6-7(13)15-19-8(6)14-3-4-18-5-9(10,11)12/h14H,2-5H2,1H3,(H2,13,15). The Morgan fingerprint density at radius 3 is 2.65 bits per heavy atom. The minimum absolute atomic E-state index is 0.0178. The second kappa shape index (κ2) is 6.59. The molecule has 0 aliphatic heterocycles. The monoisotopic (exact) mass is 333 g/mol. The van der Waals surface area contributed by atoms with E-state index in [0.29, 0.717) is 0 Å². The van der Waals surface area contributed by atoms with E-state index in [1.165, 1.54) is 6.92 Å². The first kappa shape index (κ1) is 17.0. The SMILES string of the molecule is CCS(=O)(=O)c1c(N)nsc1NCCOCC(F)(F)F. The van der Waals surface area contributed by atoms with Crippen molar-refractivity contribution in [2.24, 2.45) is 0 Å². The Morgan fingerprint density at radius 1 is 1.45 bits per heavy atom. The first-order valence-electron chi connectivity index (χ1n) is 5.53. The van der Waals surface area contributed by atoms with Crippen LogP contribution >= 0.6 is 11.5 Å². The molecule has 0 saturated heterocycles. The lowest BCUT2D eigenvalue weighted by atomic mass is 10.5. The third kappa shape index (κ3) is 4.80. The Kier molecular flexibility index (Phi) is 5.59. The number of hydrogen-bond acceptors (Lipinski definition) is 7. The van der Waals surface area contributed by atoms with Crippen LogP contribution in [0.2, 0.25) is 0 Å². The first-order valence-corrected chi connectivity index (χ1v) is 7.96. The van der Waals surface area contributed by atoms with Gasteiger partial charge in [0.05, 0.1) is 12.4 Å². The van der Waals surface area contributed by atoms with E-state index in [9.17, 15) is 21.6 Å². The molecule has 1 aromatic rings. The molecule has 0 aliphatic rings. The average molecular weight is 333 g/mol. The second-order valence-corrected chi connectivity index (χ2v) is 6.71. The number of nitrogen functional groups attached to an aromatic ring is 1. The Labute approximate surface area is 118 Å². The van der Waals surface area contributed by atoms with Crippen molar-refractivity contribution in [3.63, 3.8) is 0 Å². The fourth-order valence-electron chi connectivity index (χ4n) is 1.28. The predicted molar refractivity (Wildman–Crippen MR) is 69.6 cm³/mol. The number of ether oxygens (including phenoxy) is 1. The van der Waals surface area contributed by atoms with E-state index < -0.39 is 22.6 Å². The molecule has 0 radical (unpaired) electrons. The summed E-state index contributed by atoms with van der Waals surface area (Å²) in [5.74, 6) is -0.259. The van der Waals surface area contributed by atoms with Crippen molar-refractivity contribution in [2.45, 2.75) is 18.0 Å². The van der Waals surface area contributed by atoms with Crippen LogP contribution in [-0.4, -0.2) is 44.5 Å². The number of rotatable bonds is 7. The summed E-state index contributed by atoms with van der Waals surface area (Å²) >= 11 is 0.839. The number of hydrogen-bond donors (Lipinski definition) is 2. The van der Waals surface area contributed by atoms with E-state index in [1.54, 1.807) is 0 Å². The minimum atomic E-state index is -4.38. The molecule has 1 rings (SSSR count). The van der Waals surface area contributed by atoms with E-state index in [1.807, 2.05) is 0 Å². The highest BCUT2D eigenvalue weighted by Gasteiger charge is 2.27. The molecular weight excluding hydrogens is 319 g/mol. The molecule has 0 atom stereocenters. The lowest BCUT2D eigenvalue weighted by Gasteiger charge is -2.09. The van der Waals surface area contributed by atoms with Crippen LogP contribution in [0.3, 0.4) is 0 Å². The predicted octanol–water partition coefficient (Wildman–Crippen LogP) is 1.51. The van der Waals surface area contributed by atoms with Gasteiger partial charge in [0.25, 0.3) is 0 Å². The molecule has 0 spiro atoms. The van der Waals surface area contributed by atoms with Crippen LogP contribution in [0.15, 0.2) is 4.90 Å². The highest BCUT2D eigenvalue weighted by atomic mass is 32.2. The molecule has 11 heteroatoms. The number of alkyl halides is 3. The molecule has 3 N–H and O–H groups in total. The van der Waals surface area contributed by atoms with Crippen LogP contribution < -0.4 is 11.1 Å². The zero-order chi connectivity index (χ0) is 15.4. The van der Waals surface area contributed by atoms with E-state index in [4.69, 9.17) is 5.73 Å². The second-order valence-electron chi connectivity index (χ2n) is 3.72. The summed E-state index contributed by atoms with van der Waals surface area (Å²) in [4.78, 5) is -0.110. The summed E-state index contributed by atoms with van der Waals surface area (Å²) in [6.07, 6.45) is -4.38. The van der Waals surface area contributed by atoms with Gasteiger partial charge in [-0.1, -0.05) is 6.92 Å². The van der Waals surface area contributed by atoms with Crippen molar-refractivity contribution in [2.75, 3.05) is 36.6 Å². The highest BCUT2D eigenvalue weighted by Crippen LogP contribution is 2.31. The van der Waals surface area contributed by atoms with Crippen LogP contribution in [0.25, 0.3) is 0 Å². The summed E-state index contributed by atoms with van der Waals surface area (Å²) in [6.45, 7) is -0.0881. The maximum atomic E-state index is 11.8. The number of anilines is 2. The van der Waals surface area contributed by atoms with Gasteiger partial charge in [0, 0.05) is 6.54 Å². The smallest absolute Gasteiger partial charge is 0.382 e. The van der Waals surface area contributed by atoms with Crippen LogP contribution in [-0.2, 0) is 14.6 Å². The number of aromatic nitrogens is 1.